The molecule has 0 radical (unpaired) electrons. The zero-order chi connectivity index (χ0) is 24.7. The quantitative estimate of drug-likeness (QED) is 0.271. The maximum atomic E-state index is 13.3. The first kappa shape index (κ1) is 25.2. The summed E-state index contributed by atoms with van der Waals surface area (Å²) in [6.07, 6.45) is 5.48. The minimum atomic E-state index is -0.918. The lowest BCUT2D eigenvalue weighted by Gasteiger charge is -2.26. The van der Waals surface area contributed by atoms with Gasteiger partial charge in [0, 0.05) is 0 Å². The van der Waals surface area contributed by atoms with Crippen LogP contribution in [0.4, 0.5) is 14.9 Å². The Kier molecular flexibility index (Phi) is 8.65. The third kappa shape index (κ3) is 5.94. The van der Waals surface area contributed by atoms with Crippen LogP contribution in [0, 0.1) is 5.82 Å². The average molecular weight is 489 g/mol. The number of rotatable bonds is 10. The van der Waals surface area contributed by atoms with Crippen molar-refractivity contribution < 1.29 is 28.2 Å². The minimum absolute atomic E-state index is 0.127. The zero-order valence-corrected chi connectivity index (χ0v) is 19.8. The molecule has 1 aliphatic heterocycles. The summed E-state index contributed by atoms with van der Waals surface area (Å²) in [6.45, 7) is 4.78. The Balaban J connectivity index is 1.90. The lowest BCUT2D eigenvalue weighted by atomic mass is 10.1. The number of carbonyl (C=O) groups excluding carboxylic acids is 3. The third-order valence-corrected chi connectivity index (χ3v) is 5.35. The maximum Gasteiger partial charge on any atom is 0.335 e. The summed E-state index contributed by atoms with van der Waals surface area (Å²) in [6, 6.07) is 7.03. The van der Waals surface area contributed by atoms with E-state index in [1.165, 1.54) is 18.2 Å². The van der Waals surface area contributed by atoms with Gasteiger partial charge in [0.25, 0.3) is 11.8 Å². The fourth-order valence-corrected chi connectivity index (χ4v) is 3.70. The number of urea groups is 1. The first-order valence-electron chi connectivity index (χ1n) is 11.1. The number of hydrogen-bond acceptors (Lipinski definition) is 5. The molecule has 34 heavy (non-hydrogen) atoms. The van der Waals surface area contributed by atoms with Crippen LogP contribution in [0.25, 0.3) is 6.08 Å². The summed E-state index contributed by atoms with van der Waals surface area (Å²) in [4.78, 5) is 38.5. The summed E-state index contributed by atoms with van der Waals surface area (Å²) < 4.78 is 24.8. The Hall–Kier alpha value is -3.39. The lowest BCUT2D eigenvalue weighted by molar-refractivity contribution is -0.122. The predicted molar refractivity (Wildman–Crippen MR) is 128 cm³/mol. The van der Waals surface area contributed by atoms with Crippen molar-refractivity contribution in [1.82, 2.24) is 5.32 Å². The van der Waals surface area contributed by atoms with Crippen LogP contribution >= 0.6 is 11.6 Å². The number of hydrogen-bond donors (Lipinski definition) is 1. The second kappa shape index (κ2) is 11.7. The van der Waals surface area contributed by atoms with E-state index in [4.69, 9.17) is 21.1 Å². The standard InChI is InChI=1S/C25H26ClFN2O5/c1-3-5-6-7-12-34-22-20(26)14-16(15-21(22)33-4-2)13-19-23(30)28-25(32)29(24(19)31)18-10-8-17(27)9-11-18/h8-11,13-15H,3-7,12H2,1-2H3,(H,28,30,32). The lowest BCUT2D eigenvalue weighted by Crippen LogP contribution is -2.54. The normalized spacial score (nSPS) is 15.0. The third-order valence-electron chi connectivity index (χ3n) is 5.07. The highest BCUT2D eigenvalue weighted by molar-refractivity contribution is 6.39. The smallest absolute Gasteiger partial charge is 0.335 e. The molecule has 0 aromatic heterocycles. The van der Waals surface area contributed by atoms with Crippen molar-refractivity contribution in [3.63, 3.8) is 0 Å². The first-order valence-corrected chi connectivity index (χ1v) is 11.5. The van der Waals surface area contributed by atoms with Crippen LogP contribution in [-0.2, 0) is 9.59 Å². The summed E-state index contributed by atoms with van der Waals surface area (Å²) in [5.74, 6) is -1.44. The van der Waals surface area contributed by atoms with Gasteiger partial charge in [-0.3, -0.25) is 14.9 Å². The number of barbiturate groups is 1. The molecular weight excluding hydrogens is 463 g/mol. The van der Waals surface area contributed by atoms with Crippen LogP contribution < -0.4 is 19.7 Å². The molecule has 4 amide bonds. The van der Waals surface area contributed by atoms with Gasteiger partial charge >= 0.3 is 6.03 Å². The molecule has 180 valence electrons. The van der Waals surface area contributed by atoms with Gasteiger partial charge in [0.05, 0.1) is 23.9 Å². The minimum Gasteiger partial charge on any atom is -0.490 e. The number of carbonyl (C=O) groups is 3. The molecular formula is C25H26ClFN2O5. The van der Waals surface area contributed by atoms with Crippen LogP contribution in [0.15, 0.2) is 42.0 Å². The van der Waals surface area contributed by atoms with Gasteiger partial charge in [-0.25, -0.2) is 14.1 Å². The molecule has 1 aliphatic rings. The molecule has 3 rings (SSSR count). The van der Waals surface area contributed by atoms with E-state index >= 15 is 0 Å². The van der Waals surface area contributed by atoms with Crippen molar-refractivity contribution in [3.8, 4) is 11.5 Å². The molecule has 1 heterocycles. The topological polar surface area (TPSA) is 84.9 Å². The highest BCUT2D eigenvalue weighted by atomic mass is 35.5. The number of ether oxygens (including phenoxy) is 2. The Bertz CT molecular complexity index is 1100. The maximum absolute atomic E-state index is 13.3. The molecule has 7 nitrogen and oxygen atoms in total. The van der Waals surface area contributed by atoms with Crippen molar-refractivity contribution >= 4 is 41.2 Å². The van der Waals surface area contributed by atoms with Gasteiger partial charge in [-0.1, -0.05) is 37.8 Å². The molecule has 1 fully saturated rings. The van der Waals surface area contributed by atoms with Gasteiger partial charge in [0.2, 0.25) is 0 Å². The van der Waals surface area contributed by atoms with Crippen LogP contribution in [-0.4, -0.2) is 31.1 Å². The summed E-state index contributed by atoms with van der Waals surface area (Å²) in [5, 5.41) is 2.40. The number of anilines is 1. The van der Waals surface area contributed by atoms with Gasteiger partial charge in [-0.05, 0) is 61.4 Å². The second-order valence-electron chi connectivity index (χ2n) is 7.61. The number of unbranched alkanes of at least 4 members (excludes halogenated alkanes) is 3. The van der Waals surface area contributed by atoms with E-state index in [0.29, 0.717) is 30.3 Å². The molecule has 0 spiro atoms. The van der Waals surface area contributed by atoms with Crippen molar-refractivity contribution in [2.45, 2.75) is 39.5 Å². The summed E-state index contributed by atoms with van der Waals surface area (Å²) in [5.41, 5.74) is 0.261. The second-order valence-corrected chi connectivity index (χ2v) is 8.01. The molecule has 0 aliphatic carbocycles. The van der Waals surface area contributed by atoms with Crippen LogP contribution in [0.5, 0.6) is 11.5 Å². The highest BCUT2D eigenvalue weighted by Crippen LogP contribution is 2.38. The number of benzene rings is 2. The number of amides is 4. The van der Waals surface area contributed by atoms with Gasteiger partial charge in [0.1, 0.15) is 11.4 Å². The van der Waals surface area contributed by atoms with Crippen LogP contribution in [0.1, 0.15) is 45.1 Å². The largest absolute Gasteiger partial charge is 0.490 e. The van der Waals surface area contributed by atoms with Crippen molar-refractivity contribution in [3.05, 3.63) is 58.4 Å². The Morgan fingerprint density at radius 1 is 1.03 bits per heavy atom. The number of imide groups is 2. The molecule has 0 unspecified atom stereocenters. The summed E-state index contributed by atoms with van der Waals surface area (Å²) >= 11 is 6.44. The molecule has 2 aromatic rings. The van der Waals surface area contributed by atoms with Crippen molar-refractivity contribution in [2.24, 2.45) is 0 Å². The van der Waals surface area contributed by atoms with Crippen molar-refractivity contribution in [2.75, 3.05) is 18.1 Å². The van der Waals surface area contributed by atoms with Gasteiger partial charge in [-0.15, -0.1) is 0 Å². The molecule has 0 atom stereocenters. The SMILES string of the molecule is CCCCCCOc1c(Cl)cc(C=C2C(=O)NC(=O)N(c3ccc(F)cc3)C2=O)cc1OCC. The Morgan fingerprint density at radius 3 is 2.44 bits per heavy atom. The zero-order valence-electron chi connectivity index (χ0n) is 19.0. The molecule has 2 aromatic carbocycles. The predicted octanol–water partition coefficient (Wildman–Crippen LogP) is 5.50. The summed E-state index contributed by atoms with van der Waals surface area (Å²) in [7, 11) is 0. The molecule has 0 saturated carbocycles. The molecule has 0 bridgehead atoms. The van der Waals surface area contributed by atoms with Crippen LogP contribution in [0.2, 0.25) is 5.02 Å². The van der Waals surface area contributed by atoms with Crippen molar-refractivity contribution in [1.29, 1.82) is 0 Å². The van der Waals surface area contributed by atoms with E-state index in [-0.39, 0.29) is 16.3 Å². The van der Waals surface area contributed by atoms with E-state index < -0.39 is 23.7 Å². The Labute approximate surface area is 202 Å². The van der Waals surface area contributed by atoms with E-state index in [0.717, 1.165) is 42.7 Å². The number of halogens is 2. The van der Waals surface area contributed by atoms with Gasteiger partial charge < -0.3 is 9.47 Å². The molecule has 1 N–H and O–H groups in total. The molecule has 9 heteroatoms. The van der Waals surface area contributed by atoms with Gasteiger partial charge in [-0.2, -0.15) is 0 Å². The van der Waals surface area contributed by atoms with E-state index in [1.54, 1.807) is 12.1 Å². The first-order chi connectivity index (χ1) is 16.3. The number of nitrogens with one attached hydrogen (secondary N) is 1. The molecule has 1 saturated heterocycles. The number of nitrogens with zero attached hydrogens (tertiary/aromatic N) is 1. The highest BCUT2D eigenvalue weighted by Gasteiger charge is 2.36. The van der Waals surface area contributed by atoms with Gasteiger partial charge in [0.15, 0.2) is 11.5 Å². The van der Waals surface area contributed by atoms with E-state index in [9.17, 15) is 18.8 Å². The monoisotopic (exact) mass is 488 g/mol. The Morgan fingerprint density at radius 2 is 1.76 bits per heavy atom. The van der Waals surface area contributed by atoms with E-state index in [2.05, 4.69) is 12.2 Å². The van der Waals surface area contributed by atoms with Crippen LogP contribution in [0.3, 0.4) is 0 Å². The fourth-order valence-electron chi connectivity index (χ4n) is 3.43. The fraction of sp³-hybridized carbons (Fsp3) is 0.320. The van der Waals surface area contributed by atoms with E-state index in [1.807, 2.05) is 6.92 Å². The average Bonchev–Trinajstić information content (AvgIpc) is 2.79.